The van der Waals surface area contributed by atoms with Crippen molar-refractivity contribution in [1.82, 2.24) is 15.3 Å². The van der Waals surface area contributed by atoms with Gasteiger partial charge in [0.15, 0.2) is 0 Å². The molecule has 2 atom stereocenters. The van der Waals surface area contributed by atoms with E-state index in [-0.39, 0.29) is 5.41 Å². The number of nitrogens with zero attached hydrogens (tertiary/aromatic N) is 1. The molecule has 1 heterocycles. The molecule has 3 nitrogen and oxygen atoms in total. The molecular weight excluding hydrogens is 258 g/mol. The van der Waals surface area contributed by atoms with Gasteiger partial charge in [0.2, 0.25) is 0 Å². The first-order chi connectivity index (χ1) is 10.1. The average Bonchev–Trinajstić information content (AvgIpc) is 3.01. The first-order valence-corrected chi connectivity index (χ1v) is 7.96. The van der Waals surface area contributed by atoms with Gasteiger partial charge >= 0.3 is 0 Å². The minimum Gasteiger partial charge on any atom is -0.347 e. The SMILES string of the molecule is CCC(NC1CCC(C)(C)c2ccccc21)c1ncc[nH]1. The van der Waals surface area contributed by atoms with E-state index in [9.17, 15) is 0 Å². The fourth-order valence-corrected chi connectivity index (χ4v) is 3.49. The quantitative estimate of drug-likeness (QED) is 0.880. The third-order valence-electron chi connectivity index (χ3n) is 4.78. The number of fused-ring (bicyclic) bond motifs is 1. The Hall–Kier alpha value is -1.61. The molecule has 3 rings (SSSR count). The Morgan fingerprint density at radius 1 is 1.38 bits per heavy atom. The highest BCUT2D eigenvalue weighted by Gasteiger charge is 2.33. The molecule has 0 bridgehead atoms. The van der Waals surface area contributed by atoms with E-state index >= 15 is 0 Å². The summed E-state index contributed by atoms with van der Waals surface area (Å²) in [5.74, 6) is 1.04. The molecule has 1 aromatic carbocycles. The molecule has 3 heteroatoms. The number of benzene rings is 1. The molecule has 2 N–H and O–H groups in total. The second-order valence-corrected chi connectivity index (χ2v) is 6.66. The number of aromatic amines is 1. The summed E-state index contributed by atoms with van der Waals surface area (Å²) in [5.41, 5.74) is 3.23. The van der Waals surface area contributed by atoms with Crippen molar-refractivity contribution >= 4 is 0 Å². The van der Waals surface area contributed by atoms with Crippen molar-refractivity contribution < 1.29 is 0 Å². The first kappa shape index (κ1) is 14.3. The largest absolute Gasteiger partial charge is 0.347 e. The van der Waals surface area contributed by atoms with Crippen LogP contribution in [0.15, 0.2) is 36.7 Å². The van der Waals surface area contributed by atoms with Crippen molar-refractivity contribution in [2.45, 2.75) is 57.5 Å². The second kappa shape index (κ2) is 5.64. The molecule has 1 aromatic heterocycles. The highest BCUT2D eigenvalue weighted by molar-refractivity contribution is 5.38. The first-order valence-electron chi connectivity index (χ1n) is 7.96. The maximum absolute atomic E-state index is 4.42. The molecule has 112 valence electrons. The highest BCUT2D eigenvalue weighted by Crippen LogP contribution is 2.42. The van der Waals surface area contributed by atoms with Gasteiger partial charge in [-0.1, -0.05) is 45.0 Å². The number of imidazole rings is 1. The summed E-state index contributed by atoms with van der Waals surface area (Å²) in [5, 5.41) is 3.81. The molecule has 0 spiro atoms. The lowest BCUT2D eigenvalue weighted by Gasteiger charge is -2.38. The zero-order valence-electron chi connectivity index (χ0n) is 13.2. The number of hydrogen-bond acceptors (Lipinski definition) is 2. The van der Waals surface area contributed by atoms with Crippen molar-refractivity contribution in [2.75, 3.05) is 0 Å². The van der Waals surface area contributed by atoms with Crippen LogP contribution < -0.4 is 5.32 Å². The van der Waals surface area contributed by atoms with Crippen LogP contribution in [0, 0.1) is 0 Å². The summed E-state index contributed by atoms with van der Waals surface area (Å²) < 4.78 is 0. The number of hydrogen-bond donors (Lipinski definition) is 2. The molecule has 1 aliphatic rings. The minimum atomic E-state index is 0.279. The van der Waals surface area contributed by atoms with Crippen LogP contribution in [0.25, 0.3) is 0 Å². The summed E-state index contributed by atoms with van der Waals surface area (Å²) in [6.45, 7) is 6.91. The third kappa shape index (κ3) is 2.75. The third-order valence-corrected chi connectivity index (χ3v) is 4.78. The van der Waals surface area contributed by atoms with Crippen LogP contribution in [0.1, 0.15) is 69.1 Å². The smallest absolute Gasteiger partial charge is 0.123 e. The molecule has 0 saturated carbocycles. The van der Waals surface area contributed by atoms with Gasteiger partial charge in [0.25, 0.3) is 0 Å². The van der Waals surface area contributed by atoms with Gasteiger partial charge in [-0.3, -0.25) is 0 Å². The summed E-state index contributed by atoms with van der Waals surface area (Å²) in [6.07, 6.45) is 7.17. The van der Waals surface area contributed by atoms with E-state index in [2.05, 4.69) is 60.3 Å². The topological polar surface area (TPSA) is 40.7 Å². The van der Waals surface area contributed by atoms with Crippen LogP contribution in [0.3, 0.4) is 0 Å². The summed E-state index contributed by atoms with van der Waals surface area (Å²) in [7, 11) is 0. The number of rotatable bonds is 4. The Morgan fingerprint density at radius 2 is 2.19 bits per heavy atom. The molecular formula is C18H25N3. The predicted octanol–water partition coefficient (Wildman–Crippen LogP) is 4.26. The standard InChI is InChI=1S/C18H25N3/c1-4-15(17-19-11-12-20-17)21-16-9-10-18(2,3)14-8-6-5-7-13(14)16/h5-8,11-12,15-16,21H,4,9-10H2,1-3H3,(H,19,20). The van der Waals surface area contributed by atoms with E-state index in [0.717, 1.165) is 12.2 Å². The zero-order valence-corrected chi connectivity index (χ0v) is 13.2. The zero-order chi connectivity index (χ0) is 14.9. The minimum absolute atomic E-state index is 0.279. The molecule has 1 aliphatic carbocycles. The molecule has 21 heavy (non-hydrogen) atoms. The van der Waals surface area contributed by atoms with Crippen LogP contribution in [0.5, 0.6) is 0 Å². The van der Waals surface area contributed by atoms with Gasteiger partial charge < -0.3 is 10.3 Å². The van der Waals surface area contributed by atoms with Gasteiger partial charge in [-0.2, -0.15) is 0 Å². The molecule has 0 amide bonds. The van der Waals surface area contributed by atoms with Crippen LogP contribution in [0.4, 0.5) is 0 Å². The van der Waals surface area contributed by atoms with E-state index in [4.69, 9.17) is 0 Å². The Kier molecular flexibility index (Phi) is 3.85. The van der Waals surface area contributed by atoms with Gasteiger partial charge in [-0.05, 0) is 35.8 Å². The van der Waals surface area contributed by atoms with E-state index in [1.54, 1.807) is 0 Å². The Morgan fingerprint density at radius 3 is 2.90 bits per heavy atom. The Labute approximate surface area is 127 Å². The van der Waals surface area contributed by atoms with E-state index < -0.39 is 0 Å². The lowest BCUT2D eigenvalue weighted by Crippen LogP contribution is -2.34. The monoisotopic (exact) mass is 283 g/mol. The lowest BCUT2D eigenvalue weighted by molar-refractivity contribution is 0.326. The average molecular weight is 283 g/mol. The van der Waals surface area contributed by atoms with Crippen molar-refractivity contribution in [3.8, 4) is 0 Å². The van der Waals surface area contributed by atoms with Crippen LogP contribution in [-0.2, 0) is 5.41 Å². The van der Waals surface area contributed by atoms with Crippen molar-refractivity contribution in [3.05, 3.63) is 53.6 Å². The molecule has 2 unspecified atom stereocenters. The van der Waals surface area contributed by atoms with E-state index in [0.29, 0.717) is 12.1 Å². The maximum Gasteiger partial charge on any atom is 0.123 e. The van der Waals surface area contributed by atoms with Crippen molar-refractivity contribution in [3.63, 3.8) is 0 Å². The van der Waals surface area contributed by atoms with Crippen molar-refractivity contribution in [1.29, 1.82) is 0 Å². The molecule has 0 fully saturated rings. The predicted molar refractivity (Wildman–Crippen MR) is 86.2 cm³/mol. The number of nitrogens with one attached hydrogen (secondary N) is 2. The lowest BCUT2D eigenvalue weighted by atomic mass is 9.71. The Bertz CT molecular complexity index is 586. The highest BCUT2D eigenvalue weighted by atomic mass is 15.0. The normalized spacial score (nSPS) is 21.8. The molecule has 0 saturated heterocycles. The van der Waals surface area contributed by atoms with Gasteiger partial charge in [0.05, 0.1) is 6.04 Å². The van der Waals surface area contributed by atoms with Gasteiger partial charge in [-0.25, -0.2) is 4.98 Å². The summed E-state index contributed by atoms with van der Waals surface area (Å²) in [4.78, 5) is 7.66. The summed E-state index contributed by atoms with van der Waals surface area (Å²) in [6, 6.07) is 9.60. The summed E-state index contributed by atoms with van der Waals surface area (Å²) >= 11 is 0. The number of H-pyrrole nitrogens is 1. The second-order valence-electron chi connectivity index (χ2n) is 6.66. The van der Waals surface area contributed by atoms with Gasteiger partial charge in [-0.15, -0.1) is 0 Å². The van der Waals surface area contributed by atoms with Crippen molar-refractivity contribution in [2.24, 2.45) is 0 Å². The van der Waals surface area contributed by atoms with Crippen LogP contribution in [-0.4, -0.2) is 9.97 Å². The van der Waals surface area contributed by atoms with Crippen LogP contribution >= 0.6 is 0 Å². The fraction of sp³-hybridized carbons (Fsp3) is 0.500. The Balaban J connectivity index is 1.87. The van der Waals surface area contributed by atoms with E-state index in [1.165, 1.54) is 24.0 Å². The molecule has 0 radical (unpaired) electrons. The van der Waals surface area contributed by atoms with Gasteiger partial charge in [0.1, 0.15) is 5.82 Å². The molecule has 2 aromatic rings. The van der Waals surface area contributed by atoms with Crippen LogP contribution in [0.2, 0.25) is 0 Å². The molecule has 0 aliphatic heterocycles. The maximum atomic E-state index is 4.42. The number of aromatic nitrogens is 2. The fourth-order valence-electron chi connectivity index (χ4n) is 3.49. The van der Waals surface area contributed by atoms with E-state index in [1.807, 2.05) is 12.4 Å². The van der Waals surface area contributed by atoms with Gasteiger partial charge in [0, 0.05) is 18.4 Å².